The van der Waals surface area contributed by atoms with E-state index in [1.165, 1.54) is 12.1 Å². The average Bonchev–Trinajstić information content (AvgIpc) is 3.43. The summed E-state index contributed by atoms with van der Waals surface area (Å²) < 4.78 is 29.7. The van der Waals surface area contributed by atoms with Gasteiger partial charge in [-0.3, -0.25) is 4.79 Å². The van der Waals surface area contributed by atoms with Gasteiger partial charge in [-0.05, 0) is 31.9 Å². The fraction of sp³-hybridized carbons (Fsp3) is 0.529. The van der Waals surface area contributed by atoms with E-state index < -0.39 is 6.61 Å². The minimum absolute atomic E-state index is 0.00579. The molecule has 0 saturated heterocycles. The van der Waals surface area contributed by atoms with Crippen molar-refractivity contribution < 1.29 is 18.3 Å². The number of amides is 1. The van der Waals surface area contributed by atoms with E-state index in [1.807, 2.05) is 6.92 Å². The van der Waals surface area contributed by atoms with Crippen LogP contribution in [0.1, 0.15) is 25.3 Å². The molecule has 6 nitrogen and oxygen atoms in total. The molecular weight excluding hydrogens is 401 g/mol. The average molecular weight is 423 g/mol. The Morgan fingerprint density at radius 3 is 2.59 bits per heavy atom. The fourth-order valence-corrected chi connectivity index (χ4v) is 2.89. The van der Waals surface area contributed by atoms with Gasteiger partial charge in [0.05, 0.1) is 11.6 Å². The van der Waals surface area contributed by atoms with Crippen molar-refractivity contribution >= 4 is 35.1 Å². The Hall–Kier alpha value is -1.80. The van der Waals surface area contributed by atoms with Crippen molar-refractivity contribution in [3.05, 3.63) is 27.7 Å². The van der Waals surface area contributed by atoms with Crippen LogP contribution in [0.2, 0.25) is 10.0 Å². The predicted molar refractivity (Wildman–Crippen MR) is 102 cm³/mol. The lowest BCUT2D eigenvalue weighted by molar-refractivity contribution is -0.122. The summed E-state index contributed by atoms with van der Waals surface area (Å²) in [5.41, 5.74) is 0.340. The van der Waals surface area contributed by atoms with Crippen LogP contribution in [0.3, 0.4) is 0 Å². The minimum atomic E-state index is -3.01. The molecule has 1 saturated carbocycles. The Morgan fingerprint density at radius 1 is 1.26 bits per heavy atom. The highest BCUT2D eigenvalue weighted by molar-refractivity contribution is 6.35. The zero-order valence-corrected chi connectivity index (χ0v) is 16.3. The highest BCUT2D eigenvalue weighted by Gasteiger charge is 2.28. The molecule has 0 atom stereocenters. The van der Waals surface area contributed by atoms with Gasteiger partial charge >= 0.3 is 6.61 Å². The first-order chi connectivity index (χ1) is 12.9. The third-order valence-electron chi connectivity index (χ3n) is 3.71. The SMILES string of the molecule is CCNC(=NCc1cc(Cl)cc(Cl)c1OC(F)F)NCCNC(=O)C1CC1. The standard InChI is InChI=1S/C17H22Cl2F2N4O2/c1-2-22-17(24-6-5-23-15(26)10-3-4-10)25-9-11-7-12(18)8-13(19)14(11)27-16(20)21/h7-8,10,16H,2-6,9H2,1H3,(H,23,26)(H2,22,24,25). The molecule has 1 amide bonds. The molecule has 1 aromatic rings. The lowest BCUT2D eigenvalue weighted by atomic mass is 10.2. The summed E-state index contributed by atoms with van der Waals surface area (Å²) in [6.07, 6.45) is 1.91. The third kappa shape index (κ3) is 7.38. The summed E-state index contributed by atoms with van der Waals surface area (Å²) in [5.74, 6) is 0.554. The van der Waals surface area contributed by atoms with Crippen molar-refractivity contribution in [1.29, 1.82) is 0 Å². The molecule has 1 aromatic carbocycles. The van der Waals surface area contributed by atoms with Gasteiger partial charge in [0.2, 0.25) is 5.91 Å². The molecule has 0 heterocycles. The maximum Gasteiger partial charge on any atom is 0.387 e. The quantitative estimate of drug-likeness (QED) is 0.324. The molecule has 150 valence electrons. The fourth-order valence-electron chi connectivity index (χ4n) is 2.31. The minimum Gasteiger partial charge on any atom is -0.433 e. The third-order valence-corrected chi connectivity index (χ3v) is 4.21. The molecule has 0 radical (unpaired) electrons. The van der Waals surface area contributed by atoms with Gasteiger partial charge in [0.1, 0.15) is 5.75 Å². The van der Waals surface area contributed by atoms with Gasteiger partial charge in [-0.1, -0.05) is 23.2 Å². The maximum atomic E-state index is 12.6. The summed E-state index contributed by atoms with van der Waals surface area (Å²) in [7, 11) is 0. The Morgan fingerprint density at radius 2 is 1.96 bits per heavy atom. The van der Waals surface area contributed by atoms with E-state index in [1.54, 1.807) is 0 Å². The van der Waals surface area contributed by atoms with E-state index in [9.17, 15) is 13.6 Å². The second-order valence-electron chi connectivity index (χ2n) is 5.94. The number of nitrogens with one attached hydrogen (secondary N) is 3. The highest BCUT2D eigenvalue weighted by atomic mass is 35.5. The molecule has 0 aliphatic heterocycles. The molecule has 3 N–H and O–H groups in total. The molecule has 1 aliphatic rings. The Labute approximate surface area is 166 Å². The largest absolute Gasteiger partial charge is 0.433 e. The predicted octanol–water partition coefficient (Wildman–Crippen LogP) is 3.18. The van der Waals surface area contributed by atoms with Gasteiger partial charge < -0.3 is 20.7 Å². The molecule has 1 aliphatic carbocycles. The molecule has 10 heteroatoms. The molecule has 0 unspecified atom stereocenters. The van der Waals surface area contributed by atoms with Gasteiger partial charge in [-0.25, -0.2) is 4.99 Å². The number of rotatable bonds is 9. The first-order valence-electron chi connectivity index (χ1n) is 8.63. The van der Waals surface area contributed by atoms with Gasteiger partial charge in [-0.2, -0.15) is 8.78 Å². The molecule has 2 rings (SSSR count). The number of carbonyl (C=O) groups excluding carboxylic acids is 1. The van der Waals surface area contributed by atoms with E-state index in [0.717, 1.165) is 12.8 Å². The number of alkyl halides is 2. The topological polar surface area (TPSA) is 74.8 Å². The lowest BCUT2D eigenvalue weighted by Gasteiger charge is -2.14. The molecule has 0 spiro atoms. The van der Waals surface area contributed by atoms with Crippen LogP contribution < -0.4 is 20.7 Å². The zero-order valence-electron chi connectivity index (χ0n) is 14.8. The van der Waals surface area contributed by atoms with Gasteiger partial charge in [-0.15, -0.1) is 0 Å². The van der Waals surface area contributed by atoms with Crippen LogP contribution in [0.5, 0.6) is 5.75 Å². The van der Waals surface area contributed by atoms with E-state index in [2.05, 4.69) is 25.7 Å². The molecule has 27 heavy (non-hydrogen) atoms. The van der Waals surface area contributed by atoms with Crippen molar-refractivity contribution in [2.75, 3.05) is 19.6 Å². The Balaban J connectivity index is 1.97. The van der Waals surface area contributed by atoms with Crippen LogP contribution in [-0.2, 0) is 11.3 Å². The summed E-state index contributed by atoms with van der Waals surface area (Å²) >= 11 is 11.9. The van der Waals surface area contributed by atoms with Crippen molar-refractivity contribution in [3.8, 4) is 5.75 Å². The Bertz CT molecular complexity index is 685. The summed E-state index contributed by atoms with van der Waals surface area (Å²) in [4.78, 5) is 15.9. The monoisotopic (exact) mass is 422 g/mol. The van der Waals surface area contributed by atoms with E-state index >= 15 is 0 Å². The molecule has 0 aromatic heterocycles. The number of hydrogen-bond donors (Lipinski definition) is 3. The molecule has 0 bridgehead atoms. The number of guanidine groups is 1. The van der Waals surface area contributed by atoms with Crippen molar-refractivity contribution in [1.82, 2.24) is 16.0 Å². The number of halogens is 4. The van der Waals surface area contributed by atoms with Gasteiger partial charge in [0.25, 0.3) is 0 Å². The second-order valence-corrected chi connectivity index (χ2v) is 6.79. The maximum absolute atomic E-state index is 12.6. The van der Waals surface area contributed by atoms with Gasteiger partial charge in [0, 0.05) is 36.1 Å². The van der Waals surface area contributed by atoms with Crippen molar-refractivity contribution in [2.24, 2.45) is 10.9 Å². The van der Waals surface area contributed by atoms with Crippen LogP contribution in [-0.4, -0.2) is 38.1 Å². The number of ether oxygens (including phenoxy) is 1. The Kier molecular flexibility index (Phi) is 8.37. The van der Waals surface area contributed by atoms with E-state index in [0.29, 0.717) is 36.2 Å². The van der Waals surface area contributed by atoms with Crippen molar-refractivity contribution in [2.45, 2.75) is 32.9 Å². The molecule has 1 fully saturated rings. The first kappa shape index (κ1) is 21.5. The number of carbonyl (C=O) groups is 1. The van der Waals surface area contributed by atoms with Crippen molar-refractivity contribution in [3.63, 3.8) is 0 Å². The lowest BCUT2D eigenvalue weighted by Crippen LogP contribution is -2.41. The summed E-state index contributed by atoms with van der Waals surface area (Å²) in [6, 6.07) is 2.81. The van der Waals surface area contributed by atoms with E-state index in [-0.39, 0.29) is 29.1 Å². The number of hydrogen-bond acceptors (Lipinski definition) is 3. The normalized spacial score (nSPS) is 14.2. The first-order valence-corrected chi connectivity index (χ1v) is 9.39. The van der Waals surface area contributed by atoms with Crippen LogP contribution in [0.25, 0.3) is 0 Å². The number of aliphatic imine (C=N–C) groups is 1. The van der Waals surface area contributed by atoms with E-state index in [4.69, 9.17) is 23.2 Å². The second kappa shape index (κ2) is 10.5. The van der Waals surface area contributed by atoms with Gasteiger partial charge in [0.15, 0.2) is 5.96 Å². The number of benzene rings is 1. The van der Waals surface area contributed by atoms with Crippen LogP contribution in [0.4, 0.5) is 8.78 Å². The smallest absolute Gasteiger partial charge is 0.387 e. The summed E-state index contributed by atoms with van der Waals surface area (Å²) in [6.45, 7) is 0.466. The number of nitrogens with zero attached hydrogens (tertiary/aromatic N) is 1. The van der Waals surface area contributed by atoms with Crippen LogP contribution in [0, 0.1) is 5.92 Å². The van der Waals surface area contributed by atoms with Crippen LogP contribution >= 0.6 is 23.2 Å². The highest BCUT2D eigenvalue weighted by Crippen LogP contribution is 2.34. The zero-order chi connectivity index (χ0) is 19.8. The van der Waals surface area contributed by atoms with Crippen LogP contribution in [0.15, 0.2) is 17.1 Å². The summed E-state index contributed by atoms with van der Waals surface area (Å²) in [5, 5.41) is 9.23. The molecular formula is C17H22Cl2F2N4O2.